The molecular weight excluding hydrogens is 444 g/mol. The number of nitrogens with two attached hydrogens (primary N) is 1. The van der Waals surface area contributed by atoms with Crippen LogP contribution in [0.15, 0.2) is 89.3 Å². The second-order valence-corrected chi connectivity index (χ2v) is 10.3. The van der Waals surface area contributed by atoms with Crippen LogP contribution in [-0.2, 0) is 16.6 Å². The van der Waals surface area contributed by atoms with E-state index in [1.807, 2.05) is 12.1 Å². The maximum Gasteiger partial charge on any atom is 0.238 e. The largest absolute Gasteiger partial charge is 0.488 e. The van der Waals surface area contributed by atoms with Crippen LogP contribution in [0.25, 0.3) is 11.6 Å². The molecule has 0 radical (unpaired) electrons. The van der Waals surface area contributed by atoms with Crippen LogP contribution < -0.4 is 9.88 Å². The van der Waals surface area contributed by atoms with Crippen LogP contribution in [0, 0.1) is 0 Å². The van der Waals surface area contributed by atoms with E-state index in [0.717, 1.165) is 43.8 Å². The molecule has 6 heteroatoms. The number of fused-ring (bicyclic) bond motifs is 2. The SMILES string of the molecule is NS(=O)(=O)c1ccc(C=CCN2CCC(=C3c4ccccc4COc4ccccc43)CC2)cc1. The van der Waals surface area contributed by atoms with Gasteiger partial charge >= 0.3 is 0 Å². The first-order valence-corrected chi connectivity index (χ1v) is 13.1. The van der Waals surface area contributed by atoms with Gasteiger partial charge in [-0.05, 0) is 53.3 Å². The van der Waals surface area contributed by atoms with Crippen molar-refractivity contribution in [1.29, 1.82) is 0 Å². The molecule has 0 atom stereocenters. The quantitative estimate of drug-likeness (QED) is 0.590. The van der Waals surface area contributed by atoms with E-state index in [1.54, 1.807) is 24.3 Å². The Kier molecular flexibility index (Phi) is 6.37. The highest BCUT2D eigenvalue weighted by molar-refractivity contribution is 7.89. The third kappa shape index (κ3) is 4.85. The number of sulfonamides is 1. The summed E-state index contributed by atoms with van der Waals surface area (Å²) in [5.41, 5.74) is 7.51. The van der Waals surface area contributed by atoms with Gasteiger partial charge in [0.25, 0.3) is 0 Å². The normalized spacial score (nSPS) is 16.6. The zero-order valence-electron chi connectivity index (χ0n) is 19.0. The predicted octanol–water partition coefficient (Wildman–Crippen LogP) is 4.84. The molecule has 0 amide bonds. The molecule has 1 saturated heterocycles. The van der Waals surface area contributed by atoms with Gasteiger partial charge in [-0.15, -0.1) is 0 Å². The molecule has 0 spiro atoms. The summed E-state index contributed by atoms with van der Waals surface area (Å²) in [5.74, 6) is 0.958. The fourth-order valence-corrected chi connectivity index (χ4v) is 5.25. The Morgan fingerprint density at radius 2 is 1.56 bits per heavy atom. The molecule has 3 aromatic carbocycles. The Morgan fingerprint density at radius 3 is 2.29 bits per heavy atom. The summed E-state index contributed by atoms with van der Waals surface area (Å²) < 4.78 is 29.0. The molecule has 0 aromatic heterocycles. The third-order valence-corrected chi connectivity index (χ3v) is 7.45. The van der Waals surface area contributed by atoms with Crippen molar-refractivity contribution in [2.45, 2.75) is 24.3 Å². The van der Waals surface area contributed by atoms with Crippen LogP contribution in [0.5, 0.6) is 5.75 Å². The number of likely N-dealkylation sites (tertiary alicyclic amines) is 1. The fourth-order valence-electron chi connectivity index (χ4n) is 4.73. The van der Waals surface area contributed by atoms with Gasteiger partial charge < -0.3 is 4.74 Å². The van der Waals surface area contributed by atoms with Crippen molar-refractivity contribution >= 4 is 21.7 Å². The van der Waals surface area contributed by atoms with Gasteiger partial charge in [-0.3, -0.25) is 4.90 Å². The van der Waals surface area contributed by atoms with Gasteiger partial charge in [-0.1, -0.05) is 72.3 Å². The van der Waals surface area contributed by atoms with Crippen molar-refractivity contribution in [3.05, 3.63) is 107 Å². The van der Waals surface area contributed by atoms with E-state index in [9.17, 15) is 8.42 Å². The van der Waals surface area contributed by atoms with Gasteiger partial charge in [0.1, 0.15) is 12.4 Å². The van der Waals surface area contributed by atoms with Crippen LogP contribution in [0.3, 0.4) is 0 Å². The highest BCUT2D eigenvalue weighted by Crippen LogP contribution is 2.40. The van der Waals surface area contributed by atoms with Crippen LogP contribution in [0.2, 0.25) is 0 Å². The van der Waals surface area contributed by atoms with Crippen LogP contribution in [0.4, 0.5) is 0 Å². The number of piperidine rings is 1. The van der Waals surface area contributed by atoms with Gasteiger partial charge in [0.2, 0.25) is 10.0 Å². The monoisotopic (exact) mass is 472 g/mol. The molecule has 174 valence electrons. The molecule has 0 bridgehead atoms. The predicted molar refractivity (Wildman–Crippen MR) is 136 cm³/mol. The molecule has 2 aliphatic rings. The highest BCUT2D eigenvalue weighted by Gasteiger charge is 2.24. The van der Waals surface area contributed by atoms with Gasteiger partial charge in [0.05, 0.1) is 4.90 Å². The minimum atomic E-state index is -3.66. The lowest BCUT2D eigenvalue weighted by Crippen LogP contribution is -2.31. The standard InChI is InChI=1S/C28H28N2O3S/c29-34(31,32)24-13-11-21(12-14-24)6-5-17-30-18-15-22(16-19-30)28-25-8-2-1-7-23(25)20-33-27-10-4-3-9-26(27)28/h1-14H,15-20H2,(H2,29,31,32). The zero-order chi connectivity index (χ0) is 23.5. The second-order valence-electron chi connectivity index (χ2n) is 8.74. The first kappa shape index (κ1) is 22.6. The number of para-hydroxylation sites is 1. The minimum Gasteiger partial charge on any atom is -0.488 e. The first-order chi connectivity index (χ1) is 16.5. The maximum absolute atomic E-state index is 11.4. The minimum absolute atomic E-state index is 0.133. The van der Waals surface area contributed by atoms with Crippen LogP contribution in [-0.4, -0.2) is 33.0 Å². The number of benzene rings is 3. The smallest absolute Gasteiger partial charge is 0.238 e. The average molecular weight is 473 g/mol. The van der Waals surface area contributed by atoms with E-state index in [0.29, 0.717) is 6.61 Å². The van der Waals surface area contributed by atoms with E-state index in [4.69, 9.17) is 9.88 Å². The number of nitrogens with zero attached hydrogens (tertiary/aromatic N) is 1. The van der Waals surface area contributed by atoms with Crippen molar-refractivity contribution < 1.29 is 13.2 Å². The number of hydrogen-bond acceptors (Lipinski definition) is 4. The summed E-state index contributed by atoms with van der Waals surface area (Å²) in [6, 6.07) is 23.6. The Hall–Kier alpha value is -3.19. The molecule has 5 rings (SSSR count). The Labute approximate surface area is 201 Å². The summed E-state index contributed by atoms with van der Waals surface area (Å²) in [6.07, 6.45) is 6.20. The molecule has 34 heavy (non-hydrogen) atoms. The van der Waals surface area contributed by atoms with Crippen molar-refractivity contribution in [3.63, 3.8) is 0 Å². The number of rotatable bonds is 4. The lowest BCUT2D eigenvalue weighted by Gasteiger charge is -2.29. The van der Waals surface area contributed by atoms with Gasteiger partial charge in [0, 0.05) is 25.2 Å². The summed E-state index contributed by atoms with van der Waals surface area (Å²) in [4.78, 5) is 2.58. The van der Waals surface area contributed by atoms with Crippen molar-refractivity contribution in [2.75, 3.05) is 19.6 Å². The molecule has 2 N–H and O–H groups in total. The Bertz CT molecular complexity index is 1300. The van der Waals surface area contributed by atoms with Crippen molar-refractivity contribution in [3.8, 4) is 5.75 Å². The van der Waals surface area contributed by atoms with Crippen molar-refractivity contribution in [2.24, 2.45) is 5.14 Å². The lowest BCUT2D eigenvalue weighted by molar-refractivity contribution is 0.284. The first-order valence-electron chi connectivity index (χ1n) is 11.5. The summed E-state index contributed by atoms with van der Waals surface area (Å²) >= 11 is 0. The Morgan fingerprint density at radius 1 is 0.882 bits per heavy atom. The maximum atomic E-state index is 11.4. The van der Waals surface area contributed by atoms with Gasteiger partial charge in [-0.2, -0.15) is 0 Å². The van der Waals surface area contributed by atoms with E-state index >= 15 is 0 Å². The van der Waals surface area contributed by atoms with E-state index in [1.165, 1.54) is 27.8 Å². The fraction of sp³-hybridized carbons (Fsp3) is 0.214. The molecule has 0 saturated carbocycles. The lowest BCUT2D eigenvalue weighted by atomic mass is 9.86. The number of ether oxygens (including phenoxy) is 1. The summed E-state index contributed by atoms with van der Waals surface area (Å²) in [5, 5.41) is 5.17. The Balaban J connectivity index is 1.31. The van der Waals surface area contributed by atoms with Crippen LogP contribution in [0.1, 0.15) is 35.1 Å². The molecule has 1 fully saturated rings. The number of hydrogen-bond donors (Lipinski definition) is 1. The van der Waals surface area contributed by atoms with Crippen molar-refractivity contribution in [1.82, 2.24) is 4.90 Å². The number of primary sulfonamides is 1. The van der Waals surface area contributed by atoms with Gasteiger partial charge in [0.15, 0.2) is 0 Å². The van der Waals surface area contributed by atoms with E-state index in [2.05, 4.69) is 53.4 Å². The topological polar surface area (TPSA) is 72.6 Å². The molecular formula is C28H28N2O3S. The molecule has 5 nitrogen and oxygen atoms in total. The molecule has 0 aliphatic carbocycles. The van der Waals surface area contributed by atoms with E-state index in [-0.39, 0.29) is 4.90 Å². The molecule has 0 unspecified atom stereocenters. The summed E-state index contributed by atoms with van der Waals surface area (Å²) in [6.45, 7) is 3.45. The second kappa shape index (κ2) is 9.58. The van der Waals surface area contributed by atoms with Gasteiger partial charge in [-0.25, -0.2) is 13.6 Å². The van der Waals surface area contributed by atoms with E-state index < -0.39 is 10.0 Å². The zero-order valence-corrected chi connectivity index (χ0v) is 19.8. The third-order valence-electron chi connectivity index (χ3n) is 6.52. The highest BCUT2D eigenvalue weighted by atomic mass is 32.2. The average Bonchev–Trinajstić information content (AvgIpc) is 3.01. The summed E-state index contributed by atoms with van der Waals surface area (Å²) in [7, 11) is -3.66. The molecule has 2 heterocycles. The molecule has 3 aromatic rings. The van der Waals surface area contributed by atoms with Crippen LogP contribution >= 0.6 is 0 Å². The molecule has 2 aliphatic heterocycles.